The molecule has 0 aliphatic carbocycles. The third-order valence-electron chi connectivity index (χ3n) is 3.95. The lowest BCUT2D eigenvalue weighted by atomic mass is 9.85. The van der Waals surface area contributed by atoms with Crippen LogP contribution in [-0.4, -0.2) is 16.5 Å². The van der Waals surface area contributed by atoms with Crippen LogP contribution >= 0.6 is 0 Å². The number of hydrogen-bond acceptors (Lipinski definition) is 4. The van der Waals surface area contributed by atoms with Gasteiger partial charge >= 0.3 is 0 Å². The maximum Gasteiger partial charge on any atom is 0.260 e. The van der Waals surface area contributed by atoms with E-state index in [4.69, 9.17) is 5.73 Å². The molecule has 0 spiro atoms. The molecule has 5 nitrogen and oxygen atoms in total. The molecule has 21 heavy (non-hydrogen) atoms. The Morgan fingerprint density at radius 3 is 2.52 bits per heavy atom. The van der Waals surface area contributed by atoms with Crippen molar-refractivity contribution in [3.8, 4) is 0 Å². The van der Waals surface area contributed by atoms with Crippen molar-refractivity contribution in [2.24, 2.45) is 17.8 Å². The van der Waals surface area contributed by atoms with Gasteiger partial charge in [0, 0.05) is 12.2 Å². The molecule has 0 amide bonds. The Hall–Kier alpha value is -2.04. The molecule has 2 aromatic rings. The highest BCUT2D eigenvalue weighted by Crippen LogP contribution is 2.21. The van der Waals surface area contributed by atoms with Crippen LogP contribution in [0, 0.1) is 17.8 Å². The van der Waals surface area contributed by atoms with Gasteiger partial charge in [-0.25, -0.2) is 4.98 Å². The Labute approximate surface area is 125 Å². The number of nitrogens with two attached hydrogens (primary N) is 1. The first kappa shape index (κ1) is 15.4. The minimum atomic E-state index is -0.166. The number of fused-ring (bicyclic) bond motifs is 1. The Bertz CT molecular complexity index is 668. The summed E-state index contributed by atoms with van der Waals surface area (Å²) in [6.45, 7) is 9.65. The first-order chi connectivity index (χ1) is 9.88. The molecule has 0 saturated carbocycles. The van der Waals surface area contributed by atoms with Gasteiger partial charge in [-0.15, -0.1) is 0 Å². The van der Waals surface area contributed by atoms with Gasteiger partial charge in [-0.05, 0) is 36.0 Å². The van der Waals surface area contributed by atoms with Crippen molar-refractivity contribution in [2.45, 2.75) is 27.7 Å². The Morgan fingerprint density at radius 1 is 1.24 bits per heavy atom. The van der Waals surface area contributed by atoms with E-state index in [1.54, 1.807) is 18.2 Å². The van der Waals surface area contributed by atoms with Crippen LogP contribution in [0.25, 0.3) is 10.9 Å². The Balaban J connectivity index is 2.24. The number of nitrogens with one attached hydrogen (secondary N) is 2. The lowest BCUT2D eigenvalue weighted by Gasteiger charge is -2.25. The van der Waals surface area contributed by atoms with E-state index in [1.807, 2.05) is 0 Å². The maximum atomic E-state index is 12.1. The van der Waals surface area contributed by atoms with Crippen LogP contribution in [0.1, 0.15) is 27.7 Å². The number of nitrogen functional groups attached to an aromatic ring is 1. The molecule has 1 aromatic carbocycles. The van der Waals surface area contributed by atoms with Crippen molar-refractivity contribution in [3.05, 3.63) is 28.6 Å². The molecule has 0 radical (unpaired) electrons. The highest BCUT2D eigenvalue weighted by atomic mass is 16.1. The zero-order valence-corrected chi connectivity index (χ0v) is 13.1. The molecule has 0 bridgehead atoms. The topological polar surface area (TPSA) is 83.8 Å². The fourth-order valence-electron chi connectivity index (χ4n) is 2.70. The molecule has 0 aliphatic heterocycles. The molecule has 4 N–H and O–H groups in total. The molecule has 0 aliphatic rings. The van der Waals surface area contributed by atoms with Gasteiger partial charge in [-0.1, -0.05) is 27.7 Å². The summed E-state index contributed by atoms with van der Waals surface area (Å²) in [6, 6.07) is 5.17. The molecule has 114 valence electrons. The first-order valence-corrected chi connectivity index (χ1v) is 7.42. The van der Waals surface area contributed by atoms with Crippen LogP contribution < -0.4 is 16.6 Å². The van der Waals surface area contributed by atoms with E-state index < -0.39 is 0 Å². The van der Waals surface area contributed by atoms with Gasteiger partial charge in [-0.3, -0.25) is 9.78 Å². The van der Waals surface area contributed by atoms with Crippen LogP contribution in [0.4, 0.5) is 11.6 Å². The smallest absolute Gasteiger partial charge is 0.260 e. The average Bonchev–Trinajstić information content (AvgIpc) is 2.39. The summed E-state index contributed by atoms with van der Waals surface area (Å²) < 4.78 is 0. The van der Waals surface area contributed by atoms with Gasteiger partial charge in [0.25, 0.3) is 5.56 Å². The number of aromatic nitrogens is 2. The number of rotatable bonds is 5. The second-order valence-electron chi connectivity index (χ2n) is 6.22. The van der Waals surface area contributed by atoms with E-state index >= 15 is 0 Å². The monoisotopic (exact) mass is 288 g/mol. The standard InChI is InChI=1S/C16H24N4O/c1-9(2)13(10(3)4)8-18-16-19-14-6-5-11(17)7-12(14)15(21)20-16/h5-7,9-10,13H,8,17H2,1-4H3,(H2,18,19,20,21). The van der Waals surface area contributed by atoms with Crippen LogP contribution in [0.2, 0.25) is 0 Å². The largest absolute Gasteiger partial charge is 0.399 e. The fraction of sp³-hybridized carbons (Fsp3) is 0.500. The molecule has 1 aromatic heterocycles. The Kier molecular flexibility index (Phi) is 4.50. The van der Waals surface area contributed by atoms with E-state index in [2.05, 4.69) is 43.0 Å². The Morgan fingerprint density at radius 2 is 1.90 bits per heavy atom. The van der Waals surface area contributed by atoms with Gasteiger partial charge < -0.3 is 11.1 Å². The number of nitrogens with zero attached hydrogens (tertiary/aromatic N) is 1. The fourth-order valence-corrected chi connectivity index (χ4v) is 2.70. The molecular weight excluding hydrogens is 264 g/mol. The lowest BCUT2D eigenvalue weighted by Crippen LogP contribution is -2.26. The zero-order chi connectivity index (χ0) is 15.6. The molecule has 0 atom stereocenters. The van der Waals surface area contributed by atoms with E-state index in [9.17, 15) is 4.79 Å². The van der Waals surface area contributed by atoms with Crippen LogP contribution in [0.15, 0.2) is 23.0 Å². The number of H-pyrrole nitrogens is 1. The van der Waals surface area contributed by atoms with E-state index in [0.29, 0.717) is 40.3 Å². The minimum Gasteiger partial charge on any atom is -0.399 e. The summed E-state index contributed by atoms with van der Waals surface area (Å²) in [6.07, 6.45) is 0. The van der Waals surface area contributed by atoms with Crippen LogP contribution in [-0.2, 0) is 0 Å². The minimum absolute atomic E-state index is 0.166. The van der Waals surface area contributed by atoms with Crippen molar-refractivity contribution in [1.82, 2.24) is 9.97 Å². The molecule has 1 heterocycles. The molecule has 5 heteroatoms. The SMILES string of the molecule is CC(C)C(CNc1nc2ccc(N)cc2c(=O)[nH]1)C(C)C. The van der Waals surface area contributed by atoms with Crippen molar-refractivity contribution < 1.29 is 0 Å². The van der Waals surface area contributed by atoms with Gasteiger partial charge in [0.05, 0.1) is 10.9 Å². The summed E-state index contributed by atoms with van der Waals surface area (Å²) in [7, 11) is 0. The first-order valence-electron chi connectivity index (χ1n) is 7.42. The van der Waals surface area contributed by atoms with Gasteiger partial charge in [-0.2, -0.15) is 0 Å². The predicted molar refractivity (Wildman–Crippen MR) is 88.4 cm³/mol. The number of anilines is 2. The highest BCUT2D eigenvalue weighted by Gasteiger charge is 2.17. The lowest BCUT2D eigenvalue weighted by molar-refractivity contribution is 0.304. The second kappa shape index (κ2) is 6.16. The normalized spacial score (nSPS) is 11.8. The van der Waals surface area contributed by atoms with Crippen molar-refractivity contribution in [3.63, 3.8) is 0 Å². The van der Waals surface area contributed by atoms with Crippen LogP contribution in [0.3, 0.4) is 0 Å². The summed E-state index contributed by atoms with van der Waals surface area (Å²) in [5.41, 5.74) is 6.75. The van der Waals surface area contributed by atoms with Crippen molar-refractivity contribution in [2.75, 3.05) is 17.6 Å². The maximum absolute atomic E-state index is 12.1. The number of benzene rings is 1. The summed E-state index contributed by atoms with van der Waals surface area (Å²) >= 11 is 0. The van der Waals surface area contributed by atoms with Crippen molar-refractivity contribution in [1.29, 1.82) is 0 Å². The van der Waals surface area contributed by atoms with E-state index in [-0.39, 0.29) is 5.56 Å². The zero-order valence-electron chi connectivity index (χ0n) is 13.1. The van der Waals surface area contributed by atoms with E-state index in [0.717, 1.165) is 6.54 Å². The van der Waals surface area contributed by atoms with Crippen molar-refractivity contribution >= 4 is 22.5 Å². The third kappa shape index (κ3) is 3.54. The number of aromatic amines is 1. The predicted octanol–water partition coefficient (Wildman–Crippen LogP) is 2.85. The second-order valence-corrected chi connectivity index (χ2v) is 6.22. The number of hydrogen-bond donors (Lipinski definition) is 3. The molecule has 0 fully saturated rings. The van der Waals surface area contributed by atoms with Gasteiger partial charge in [0.2, 0.25) is 5.95 Å². The summed E-state index contributed by atoms with van der Waals surface area (Å²) in [5, 5.41) is 3.78. The summed E-state index contributed by atoms with van der Waals surface area (Å²) in [5.74, 6) is 2.19. The molecule has 0 unspecified atom stereocenters. The van der Waals surface area contributed by atoms with E-state index in [1.165, 1.54) is 0 Å². The van der Waals surface area contributed by atoms with Gasteiger partial charge in [0.15, 0.2) is 0 Å². The average molecular weight is 288 g/mol. The quantitative estimate of drug-likeness (QED) is 0.739. The summed E-state index contributed by atoms with van der Waals surface area (Å²) in [4.78, 5) is 19.3. The van der Waals surface area contributed by atoms with Gasteiger partial charge in [0.1, 0.15) is 0 Å². The highest BCUT2D eigenvalue weighted by molar-refractivity contribution is 5.81. The third-order valence-corrected chi connectivity index (χ3v) is 3.95. The molecule has 2 rings (SSSR count). The molecule has 0 saturated heterocycles. The van der Waals surface area contributed by atoms with Crippen LogP contribution in [0.5, 0.6) is 0 Å². The molecular formula is C16H24N4O.